The van der Waals surface area contributed by atoms with E-state index in [1.54, 1.807) is 28.6 Å². The second-order valence-corrected chi connectivity index (χ2v) is 8.65. The molecule has 0 radical (unpaired) electrons. The summed E-state index contributed by atoms with van der Waals surface area (Å²) >= 11 is 0. The highest BCUT2D eigenvalue weighted by Gasteiger charge is 2.29. The maximum Gasteiger partial charge on any atom is 0.243 e. The number of hydrogen-bond acceptors (Lipinski definition) is 3. The first-order valence-corrected chi connectivity index (χ1v) is 10.4. The molecule has 1 heterocycles. The van der Waals surface area contributed by atoms with Crippen molar-refractivity contribution in [1.82, 2.24) is 9.21 Å². The van der Waals surface area contributed by atoms with Gasteiger partial charge in [0.05, 0.1) is 4.90 Å². The van der Waals surface area contributed by atoms with Gasteiger partial charge in [0.1, 0.15) is 5.82 Å². The van der Waals surface area contributed by atoms with E-state index in [1.165, 1.54) is 6.07 Å². The minimum atomic E-state index is -3.42. The van der Waals surface area contributed by atoms with Crippen LogP contribution in [0.15, 0.2) is 53.4 Å². The zero-order valence-corrected chi connectivity index (χ0v) is 15.9. The van der Waals surface area contributed by atoms with E-state index in [-0.39, 0.29) is 5.82 Å². The molecule has 1 saturated heterocycles. The highest BCUT2D eigenvalue weighted by molar-refractivity contribution is 7.89. The summed E-state index contributed by atoms with van der Waals surface area (Å²) in [5, 5.41) is 0. The van der Waals surface area contributed by atoms with Gasteiger partial charge >= 0.3 is 0 Å². The van der Waals surface area contributed by atoms with Crippen LogP contribution in [0.2, 0.25) is 0 Å². The first-order chi connectivity index (χ1) is 12.5. The monoisotopic (exact) mass is 376 g/mol. The predicted molar refractivity (Wildman–Crippen MR) is 101 cm³/mol. The standard InChI is InChI=1S/C20H25FN2O2S/c1-17-6-2-3-10-20(17)26(24,25)23-14-12-22(13-15-23)11-5-8-18-7-4-9-19(21)16-18/h2-4,6-7,9-10,16H,5,8,11-15H2,1H3. The topological polar surface area (TPSA) is 40.6 Å². The van der Waals surface area contributed by atoms with Crippen molar-refractivity contribution < 1.29 is 12.8 Å². The Kier molecular flexibility index (Phi) is 6.06. The van der Waals surface area contributed by atoms with Crippen molar-refractivity contribution in [2.45, 2.75) is 24.7 Å². The molecule has 3 rings (SSSR count). The molecule has 140 valence electrons. The largest absolute Gasteiger partial charge is 0.301 e. The van der Waals surface area contributed by atoms with Gasteiger partial charge in [0, 0.05) is 26.2 Å². The van der Waals surface area contributed by atoms with Crippen molar-refractivity contribution in [3.8, 4) is 0 Å². The lowest BCUT2D eigenvalue weighted by molar-refractivity contribution is 0.187. The number of nitrogens with zero attached hydrogens (tertiary/aromatic N) is 2. The number of halogens is 1. The van der Waals surface area contributed by atoms with Gasteiger partial charge in [0.2, 0.25) is 10.0 Å². The molecule has 0 spiro atoms. The van der Waals surface area contributed by atoms with Gasteiger partial charge in [-0.3, -0.25) is 0 Å². The van der Waals surface area contributed by atoms with Crippen molar-refractivity contribution in [2.24, 2.45) is 0 Å². The number of piperazine rings is 1. The number of benzene rings is 2. The van der Waals surface area contributed by atoms with Crippen molar-refractivity contribution in [2.75, 3.05) is 32.7 Å². The van der Waals surface area contributed by atoms with Crippen LogP contribution in [0.4, 0.5) is 4.39 Å². The summed E-state index contributed by atoms with van der Waals surface area (Å²) < 4.78 is 40.4. The van der Waals surface area contributed by atoms with E-state index in [2.05, 4.69) is 4.90 Å². The van der Waals surface area contributed by atoms with Crippen LogP contribution in [-0.4, -0.2) is 50.3 Å². The lowest BCUT2D eigenvalue weighted by atomic mass is 10.1. The Bertz CT molecular complexity index is 846. The van der Waals surface area contributed by atoms with E-state index in [1.807, 2.05) is 25.1 Å². The van der Waals surface area contributed by atoms with Gasteiger partial charge in [-0.15, -0.1) is 0 Å². The third-order valence-electron chi connectivity index (χ3n) is 4.87. The highest BCUT2D eigenvalue weighted by Crippen LogP contribution is 2.21. The van der Waals surface area contributed by atoms with Crippen LogP contribution in [0.1, 0.15) is 17.5 Å². The molecule has 6 heteroatoms. The molecule has 2 aromatic carbocycles. The zero-order valence-electron chi connectivity index (χ0n) is 15.1. The first kappa shape index (κ1) is 19.0. The molecule has 0 bridgehead atoms. The average Bonchev–Trinajstić information content (AvgIpc) is 2.62. The maximum absolute atomic E-state index is 13.2. The van der Waals surface area contributed by atoms with Crippen LogP contribution in [0.5, 0.6) is 0 Å². The van der Waals surface area contributed by atoms with E-state index in [4.69, 9.17) is 0 Å². The summed E-state index contributed by atoms with van der Waals surface area (Å²) in [6.45, 7) is 5.21. The Balaban J connectivity index is 1.50. The van der Waals surface area contributed by atoms with Crippen LogP contribution < -0.4 is 0 Å². The molecule has 1 aliphatic heterocycles. The van der Waals surface area contributed by atoms with Gasteiger partial charge in [-0.1, -0.05) is 30.3 Å². The van der Waals surface area contributed by atoms with Crippen LogP contribution in [0.3, 0.4) is 0 Å². The van der Waals surface area contributed by atoms with Crippen LogP contribution in [-0.2, 0) is 16.4 Å². The number of aryl methyl sites for hydroxylation is 2. The third kappa shape index (κ3) is 4.50. The maximum atomic E-state index is 13.2. The first-order valence-electron chi connectivity index (χ1n) is 8.99. The predicted octanol–water partition coefficient (Wildman–Crippen LogP) is 3.07. The molecule has 0 unspecified atom stereocenters. The van der Waals surface area contributed by atoms with Crippen LogP contribution in [0.25, 0.3) is 0 Å². The van der Waals surface area contributed by atoms with Gasteiger partial charge < -0.3 is 4.90 Å². The van der Waals surface area contributed by atoms with Crippen molar-refractivity contribution >= 4 is 10.0 Å². The van der Waals surface area contributed by atoms with E-state index >= 15 is 0 Å². The summed E-state index contributed by atoms with van der Waals surface area (Å²) in [7, 11) is -3.42. The fraction of sp³-hybridized carbons (Fsp3) is 0.400. The molecular formula is C20H25FN2O2S. The summed E-state index contributed by atoms with van der Waals surface area (Å²) in [4.78, 5) is 2.68. The van der Waals surface area contributed by atoms with Gasteiger partial charge in [-0.05, 0) is 55.6 Å². The summed E-state index contributed by atoms with van der Waals surface area (Å²) in [6, 6.07) is 13.8. The van der Waals surface area contributed by atoms with E-state index in [0.717, 1.165) is 43.6 Å². The Labute approximate surface area is 155 Å². The Morgan fingerprint density at radius 1 is 1.00 bits per heavy atom. The van der Waals surface area contributed by atoms with Crippen LogP contribution in [0, 0.1) is 12.7 Å². The quantitative estimate of drug-likeness (QED) is 0.778. The summed E-state index contributed by atoms with van der Waals surface area (Å²) in [5.41, 5.74) is 1.79. The lowest BCUT2D eigenvalue weighted by Crippen LogP contribution is -2.48. The van der Waals surface area contributed by atoms with Crippen molar-refractivity contribution in [3.05, 3.63) is 65.5 Å². The van der Waals surface area contributed by atoms with Crippen molar-refractivity contribution in [1.29, 1.82) is 0 Å². The molecule has 0 saturated carbocycles. The number of sulfonamides is 1. The Morgan fingerprint density at radius 2 is 1.73 bits per heavy atom. The minimum Gasteiger partial charge on any atom is -0.301 e. The molecule has 26 heavy (non-hydrogen) atoms. The average molecular weight is 376 g/mol. The molecule has 2 aromatic rings. The number of rotatable bonds is 6. The van der Waals surface area contributed by atoms with Gasteiger partial charge in [0.15, 0.2) is 0 Å². The number of hydrogen-bond donors (Lipinski definition) is 0. The Hall–Kier alpha value is -1.76. The van der Waals surface area contributed by atoms with E-state index in [9.17, 15) is 12.8 Å². The van der Waals surface area contributed by atoms with Crippen LogP contribution >= 0.6 is 0 Å². The van der Waals surface area contributed by atoms with Gasteiger partial charge in [-0.2, -0.15) is 4.31 Å². The molecular weight excluding hydrogens is 351 g/mol. The molecule has 1 fully saturated rings. The molecule has 1 aliphatic rings. The second-order valence-electron chi connectivity index (χ2n) is 6.74. The second kappa shape index (κ2) is 8.29. The van der Waals surface area contributed by atoms with Crippen molar-refractivity contribution in [3.63, 3.8) is 0 Å². The normalized spacial score (nSPS) is 16.7. The molecule has 4 nitrogen and oxygen atoms in total. The molecule has 0 N–H and O–H groups in total. The minimum absolute atomic E-state index is 0.197. The molecule has 0 amide bonds. The van der Waals surface area contributed by atoms with E-state index in [0.29, 0.717) is 18.0 Å². The van der Waals surface area contributed by atoms with Gasteiger partial charge in [-0.25, -0.2) is 12.8 Å². The Morgan fingerprint density at radius 3 is 2.42 bits per heavy atom. The fourth-order valence-electron chi connectivity index (χ4n) is 3.38. The summed E-state index contributed by atoms with van der Waals surface area (Å²) in [5.74, 6) is -0.197. The van der Waals surface area contributed by atoms with E-state index < -0.39 is 10.0 Å². The molecule has 0 atom stereocenters. The SMILES string of the molecule is Cc1ccccc1S(=O)(=O)N1CCN(CCCc2cccc(F)c2)CC1. The molecule has 0 aromatic heterocycles. The highest BCUT2D eigenvalue weighted by atomic mass is 32.2. The fourth-order valence-corrected chi connectivity index (χ4v) is 5.03. The smallest absolute Gasteiger partial charge is 0.243 e. The molecule has 0 aliphatic carbocycles. The third-order valence-corrected chi connectivity index (χ3v) is 6.93. The zero-order chi connectivity index (χ0) is 18.6. The summed E-state index contributed by atoms with van der Waals surface area (Å²) in [6.07, 6.45) is 1.77. The van der Waals surface area contributed by atoms with Gasteiger partial charge in [0.25, 0.3) is 0 Å². The lowest BCUT2D eigenvalue weighted by Gasteiger charge is -2.34.